The van der Waals surface area contributed by atoms with Crippen LogP contribution in [0.4, 0.5) is 0 Å². The normalized spacial score (nSPS) is 12.2. The zero-order chi connectivity index (χ0) is 31.7. The minimum absolute atomic E-state index is 0.903. The van der Waals surface area contributed by atoms with E-state index >= 15 is 0 Å². The molecule has 0 atom stereocenters. The number of fused-ring (bicyclic) bond motifs is 8. The summed E-state index contributed by atoms with van der Waals surface area (Å²) in [7, 11) is -2.99. The molecule has 7 aromatic carbocycles. The second-order valence-corrected chi connectivity index (χ2v) is 16.1. The van der Waals surface area contributed by atoms with Crippen LogP contribution in [0.25, 0.3) is 55.5 Å². The molecule has 0 unspecified atom stereocenters. The van der Waals surface area contributed by atoms with E-state index in [1.165, 1.54) is 20.7 Å². The van der Waals surface area contributed by atoms with E-state index in [2.05, 4.69) is 185 Å². The maximum Gasteiger partial charge on any atom is 0.220 e. The first-order valence-corrected chi connectivity index (χ1v) is 18.3. The zero-order valence-electron chi connectivity index (χ0n) is 26.0. The molecule has 10 aromatic rings. The molecule has 3 aromatic heterocycles. The first kappa shape index (κ1) is 27.0. The fourth-order valence-corrected chi connectivity index (χ4v) is 12.7. The third kappa shape index (κ3) is 3.73. The van der Waals surface area contributed by atoms with Crippen molar-refractivity contribution in [3.05, 3.63) is 176 Å². The molecule has 226 valence electrons. The zero-order valence-corrected chi connectivity index (χ0v) is 27.0. The van der Waals surface area contributed by atoms with Crippen LogP contribution in [-0.2, 0) is 0 Å². The topological polar surface area (TPSA) is 35.4 Å². The lowest BCUT2D eigenvalue weighted by Crippen LogP contribution is -2.74. The lowest BCUT2D eigenvalue weighted by atomic mass is 10.1. The first-order valence-electron chi connectivity index (χ1n) is 16.3. The van der Waals surface area contributed by atoms with Crippen LogP contribution in [0.5, 0.6) is 0 Å². The summed E-state index contributed by atoms with van der Waals surface area (Å²) in [5, 5.41) is 7.41. The smallest absolute Gasteiger partial charge is 0.220 e. The van der Waals surface area contributed by atoms with E-state index < -0.39 is 8.07 Å². The van der Waals surface area contributed by atoms with Crippen LogP contribution in [0.1, 0.15) is 0 Å². The van der Waals surface area contributed by atoms with E-state index in [0.717, 1.165) is 55.5 Å². The molecule has 48 heavy (non-hydrogen) atoms. The van der Waals surface area contributed by atoms with Gasteiger partial charge in [0.15, 0.2) is 8.07 Å². The van der Waals surface area contributed by atoms with Crippen LogP contribution in [0.3, 0.4) is 0 Å². The number of benzene rings is 7. The molecule has 0 saturated heterocycles. The van der Waals surface area contributed by atoms with Crippen LogP contribution < -0.4 is 20.7 Å². The van der Waals surface area contributed by atoms with Crippen LogP contribution in [0.2, 0.25) is 0 Å². The molecule has 0 N–H and O–H groups in total. The second-order valence-electron chi connectivity index (χ2n) is 12.4. The third-order valence-corrected chi connectivity index (χ3v) is 14.6. The van der Waals surface area contributed by atoms with Gasteiger partial charge in [0, 0.05) is 16.5 Å². The first-order chi connectivity index (χ1) is 23.8. The lowest BCUT2D eigenvalue weighted by molar-refractivity contribution is 0.671. The monoisotopic (exact) mass is 631 g/mol. The number of aromatic nitrogens is 3. The fraction of sp³-hybridized carbons (Fsp3) is 0. The second kappa shape index (κ2) is 10.4. The van der Waals surface area contributed by atoms with E-state index in [0.29, 0.717) is 0 Å². The molecule has 0 radical (unpaired) electrons. The Morgan fingerprint density at radius 3 is 1.90 bits per heavy atom. The molecule has 0 saturated carbocycles. The van der Waals surface area contributed by atoms with Gasteiger partial charge in [0.2, 0.25) is 5.78 Å². The number of furan rings is 1. The highest BCUT2D eigenvalue weighted by molar-refractivity contribution is 7.20. The molecule has 0 aliphatic rings. The van der Waals surface area contributed by atoms with Gasteiger partial charge in [0.1, 0.15) is 11.2 Å². The third-order valence-electron chi connectivity index (χ3n) is 9.87. The molecule has 4 nitrogen and oxygen atoms in total. The van der Waals surface area contributed by atoms with Crippen LogP contribution in [0.15, 0.2) is 180 Å². The number of imidazole rings is 2. The number of nitrogens with zero attached hydrogens (tertiary/aromatic N) is 3. The highest BCUT2D eigenvalue weighted by atomic mass is 28.3. The maximum atomic E-state index is 6.83. The Morgan fingerprint density at radius 2 is 1.12 bits per heavy atom. The van der Waals surface area contributed by atoms with Gasteiger partial charge in [0.05, 0.1) is 22.1 Å². The summed E-state index contributed by atoms with van der Waals surface area (Å²) in [6.07, 6.45) is 0. The Morgan fingerprint density at radius 1 is 0.479 bits per heavy atom. The van der Waals surface area contributed by atoms with Gasteiger partial charge in [0.25, 0.3) is 0 Å². The van der Waals surface area contributed by atoms with Gasteiger partial charge in [-0.3, -0.25) is 8.97 Å². The Bertz CT molecular complexity index is 2740. The number of hydrogen-bond donors (Lipinski definition) is 0. The lowest BCUT2D eigenvalue weighted by Gasteiger charge is -2.34. The Labute approximate surface area is 277 Å². The van der Waals surface area contributed by atoms with E-state index in [-0.39, 0.29) is 0 Å². The van der Waals surface area contributed by atoms with Crippen molar-refractivity contribution < 1.29 is 4.42 Å². The van der Waals surface area contributed by atoms with E-state index in [4.69, 9.17) is 9.40 Å². The fourth-order valence-electron chi connectivity index (χ4n) is 7.85. The van der Waals surface area contributed by atoms with Gasteiger partial charge in [-0.2, -0.15) is 0 Å². The minimum atomic E-state index is -2.99. The summed E-state index contributed by atoms with van der Waals surface area (Å²) in [6, 6.07) is 63.3. The summed E-state index contributed by atoms with van der Waals surface area (Å²) in [5.41, 5.74) is 7.26. The van der Waals surface area contributed by atoms with Gasteiger partial charge in [-0.05, 0) is 63.2 Å². The molecule has 5 heteroatoms. The average Bonchev–Trinajstić information content (AvgIpc) is 3.82. The molecule has 0 fully saturated rings. The Kier molecular flexibility index (Phi) is 5.86. The van der Waals surface area contributed by atoms with Gasteiger partial charge in [-0.25, -0.2) is 4.98 Å². The maximum absolute atomic E-state index is 6.83. The van der Waals surface area contributed by atoms with Crippen molar-refractivity contribution in [2.75, 3.05) is 0 Å². The van der Waals surface area contributed by atoms with Crippen molar-refractivity contribution in [2.45, 2.75) is 0 Å². The number of hydrogen-bond acceptors (Lipinski definition) is 2. The molecular formula is C43H29N3OSi. The van der Waals surface area contributed by atoms with Crippen molar-refractivity contribution in [3.63, 3.8) is 0 Å². The van der Waals surface area contributed by atoms with Crippen molar-refractivity contribution >= 4 is 78.6 Å². The van der Waals surface area contributed by atoms with Gasteiger partial charge in [-0.1, -0.05) is 133 Å². The van der Waals surface area contributed by atoms with Crippen LogP contribution in [0, 0.1) is 0 Å². The Balaban J connectivity index is 1.39. The minimum Gasteiger partial charge on any atom is -0.456 e. The molecule has 3 heterocycles. The van der Waals surface area contributed by atoms with E-state index in [1.807, 2.05) is 0 Å². The van der Waals surface area contributed by atoms with Gasteiger partial charge in [-0.15, -0.1) is 0 Å². The molecular weight excluding hydrogens is 603 g/mol. The Hall–Kier alpha value is -6.17. The molecule has 0 amide bonds. The predicted molar refractivity (Wildman–Crippen MR) is 200 cm³/mol. The summed E-state index contributed by atoms with van der Waals surface area (Å²) < 4.78 is 11.5. The molecule has 10 rings (SSSR count). The van der Waals surface area contributed by atoms with Gasteiger partial charge >= 0.3 is 0 Å². The summed E-state index contributed by atoms with van der Waals surface area (Å²) in [6.45, 7) is 0. The average molecular weight is 632 g/mol. The van der Waals surface area contributed by atoms with E-state index in [1.54, 1.807) is 0 Å². The molecule has 0 spiro atoms. The van der Waals surface area contributed by atoms with Crippen molar-refractivity contribution in [1.82, 2.24) is 14.0 Å². The molecule has 0 aliphatic heterocycles. The number of para-hydroxylation sites is 5. The van der Waals surface area contributed by atoms with Crippen molar-refractivity contribution in [1.29, 1.82) is 0 Å². The van der Waals surface area contributed by atoms with Crippen LogP contribution >= 0.6 is 0 Å². The van der Waals surface area contributed by atoms with Crippen molar-refractivity contribution in [2.24, 2.45) is 0 Å². The highest BCUT2D eigenvalue weighted by Gasteiger charge is 2.44. The number of rotatable bonds is 5. The SMILES string of the molecule is c1ccc(-n2c3ccc([Si](c4ccccc4)(c4ccccc4)c4cccc5c4oc4ccccc45)cc3n3c4ccccc4nc23)cc1. The van der Waals surface area contributed by atoms with Crippen LogP contribution in [-0.4, -0.2) is 22.0 Å². The highest BCUT2D eigenvalue weighted by Crippen LogP contribution is 2.31. The predicted octanol–water partition coefficient (Wildman–Crippen LogP) is 7.71. The molecule has 0 bridgehead atoms. The van der Waals surface area contributed by atoms with E-state index in [9.17, 15) is 0 Å². The summed E-state index contributed by atoms with van der Waals surface area (Å²) in [5.74, 6) is 0.903. The largest absolute Gasteiger partial charge is 0.456 e. The van der Waals surface area contributed by atoms with Gasteiger partial charge < -0.3 is 4.42 Å². The summed E-state index contributed by atoms with van der Waals surface area (Å²) in [4.78, 5) is 5.18. The quantitative estimate of drug-likeness (QED) is 0.144. The molecule has 0 aliphatic carbocycles. The summed E-state index contributed by atoms with van der Waals surface area (Å²) >= 11 is 0. The standard InChI is InChI=1S/C43H29N3OSi/c1-4-15-30(16-5-1)45-38-28-27-33(29-39(38)46-37-24-12-11-23-36(37)44-43(45)46)48(31-17-6-2-7-18-31,32-19-8-3-9-20-32)41-26-14-22-35-34-21-10-13-25-40(34)47-42(35)41/h1-29H. The van der Waals surface area contributed by atoms with Crippen molar-refractivity contribution in [3.8, 4) is 5.69 Å².